The van der Waals surface area contributed by atoms with Crippen LogP contribution in [0.3, 0.4) is 0 Å². The summed E-state index contributed by atoms with van der Waals surface area (Å²) in [5, 5.41) is 12.3. The molecule has 0 bridgehead atoms. The molecule has 1 aromatic heterocycles. The number of carbonyl (C=O) groups excluding carboxylic acids is 1. The largest absolute Gasteiger partial charge is 0.352 e. The zero-order valence-electron chi connectivity index (χ0n) is 16.2. The highest BCUT2D eigenvalue weighted by atomic mass is 32.2. The van der Waals surface area contributed by atoms with Crippen molar-refractivity contribution in [1.29, 1.82) is 0 Å². The van der Waals surface area contributed by atoms with Gasteiger partial charge in [-0.2, -0.15) is 0 Å². The van der Waals surface area contributed by atoms with Crippen molar-refractivity contribution in [2.24, 2.45) is 0 Å². The molecule has 8 nitrogen and oxygen atoms in total. The molecular weight excluding hydrogens is 410 g/mol. The third-order valence-corrected chi connectivity index (χ3v) is 7.90. The lowest BCUT2D eigenvalue weighted by atomic mass is 10.1. The third-order valence-electron chi connectivity index (χ3n) is 5.20. The molecule has 2 aliphatic heterocycles. The summed E-state index contributed by atoms with van der Waals surface area (Å²) in [6, 6.07) is 9.62. The van der Waals surface area contributed by atoms with Gasteiger partial charge in [0.05, 0.1) is 22.9 Å². The topological polar surface area (TPSA) is 97.2 Å². The van der Waals surface area contributed by atoms with E-state index in [-0.39, 0.29) is 29.2 Å². The summed E-state index contributed by atoms with van der Waals surface area (Å²) in [5.41, 5.74) is 0.961. The maximum atomic E-state index is 12.3. The van der Waals surface area contributed by atoms with Gasteiger partial charge in [0.2, 0.25) is 11.9 Å². The first-order valence-corrected chi connectivity index (χ1v) is 12.7. The van der Waals surface area contributed by atoms with Gasteiger partial charge in [-0.05, 0) is 37.8 Å². The van der Waals surface area contributed by atoms with Crippen LogP contribution in [-0.2, 0) is 14.6 Å². The highest BCUT2D eigenvalue weighted by molar-refractivity contribution is 7.99. The molecule has 0 aliphatic carbocycles. The number of hydrogen-bond donors (Lipinski definition) is 1. The minimum absolute atomic E-state index is 0.0305. The first kappa shape index (κ1) is 20.2. The summed E-state index contributed by atoms with van der Waals surface area (Å²) in [6.07, 6.45) is 3.99. The number of benzene rings is 1. The van der Waals surface area contributed by atoms with Crippen LogP contribution >= 0.6 is 11.8 Å². The van der Waals surface area contributed by atoms with E-state index in [0.717, 1.165) is 37.6 Å². The van der Waals surface area contributed by atoms with Crippen molar-refractivity contribution in [3.05, 3.63) is 30.3 Å². The van der Waals surface area contributed by atoms with Gasteiger partial charge in [0.15, 0.2) is 15.0 Å². The van der Waals surface area contributed by atoms with Crippen LogP contribution in [0, 0.1) is 0 Å². The van der Waals surface area contributed by atoms with Crippen LogP contribution < -0.4 is 10.2 Å². The Labute approximate surface area is 175 Å². The van der Waals surface area contributed by atoms with Crippen LogP contribution in [0.2, 0.25) is 0 Å². The van der Waals surface area contributed by atoms with E-state index in [9.17, 15) is 13.2 Å². The Morgan fingerprint density at radius 3 is 2.59 bits per heavy atom. The average Bonchev–Trinajstić information content (AvgIpc) is 3.30. The molecule has 2 aromatic rings. The Kier molecular flexibility index (Phi) is 6.09. The van der Waals surface area contributed by atoms with Gasteiger partial charge in [0, 0.05) is 19.1 Å². The van der Waals surface area contributed by atoms with Crippen molar-refractivity contribution >= 4 is 33.5 Å². The van der Waals surface area contributed by atoms with Gasteiger partial charge in [-0.3, -0.25) is 9.36 Å². The van der Waals surface area contributed by atoms with E-state index in [1.807, 2.05) is 34.9 Å². The van der Waals surface area contributed by atoms with Crippen LogP contribution in [0.4, 0.5) is 5.95 Å². The van der Waals surface area contributed by atoms with E-state index in [1.165, 1.54) is 18.2 Å². The molecule has 10 heteroatoms. The molecule has 0 saturated carbocycles. The molecule has 4 rings (SSSR count). The smallest absolute Gasteiger partial charge is 0.232 e. The zero-order valence-corrected chi connectivity index (χ0v) is 17.8. The summed E-state index contributed by atoms with van der Waals surface area (Å²) in [4.78, 5) is 14.6. The van der Waals surface area contributed by atoms with Crippen molar-refractivity contribution in [1.82, 2.24) is 20.1 Å². The van der Waals surface area contributed by atoms with Crippen LogP contribution in [-0.4, -0.2) is 65.5 Å². The van der Waals surface area contributed by atoms with E-state index in [1.54, 1.807) is 0 Å². The Hall–Kier alpha value is -2.07. The van der Waals surface area contributed by atoms with Gasteiger partial charge in [-0.1, -0.05) is 30.0 Å². The minimum atomic E-state index is -3.01. The van der Waals surface area contributed by atoms with Crippen LogP contribution in [0.5, 0.6) is 0 Å². The summed E-state index contributed by atoms with van der Waals surface area (Å²) in [5.74, 6) is 0.969. The number of sulfone groups is 1. The molecule has 1 amide bonds. The number of anilines is 1. The molecule has 29 heavy (non-hydrogen) atoms. The molecule has 3 heterocycles. The normalized spacial score (nSPS) is 21.2. The number of nitrogens with one attached hydrogen (secondary N) is 1. The van der Waals surface area contributed by atoms with E-state index >= 15 is 0 Å². The first-order chi connectivity index (χ1) is 14.0. The van der Waals surface area contributed by atoms with Crippen molar-refractivity contribution in [3.8, 4) is 5.69 Å². The second kappa shape index (κ2) is 8.74. The fraction of sp³-hybridized carbons (Fsp3) is 0.526. The molecule has 0 spiro atoms. The molecule has 2 saturated heterocycles. The lowest BCUT2D eigenvalue weighted by molar-refractivity contribution is -0.119. The number of piperidine rings is 1. The van der Waals surface area contributed by atoms with Gasteiger partial charge in [0.1, 0.15) is 0 Å². The molecule has 156 valence electrons. The molecule has 2 aliphatic rings. The fourth-order valence-electron chi connectivity index (χ4n) is 3.77. The van der Waals surface area contributed by atoms with Gasteiger partial charge >= 0.3 is 0 Å². The van der Waals surface area contributed by atoms with Gasteiger partial charge < -0.3 is 10.2 Å². The first-order valence-electron chi connectivity index (χ1n) is 9.90. The van der Waals surface area contributed by atoms with Crippen molar-refractivity contribution < 1.29 is 13.2 Å². The Balaban J connectivity index is 1.48. The third kappa shape index (κ3) is 4.92. The number of nitrogens with zero attached hydrogens (tertiary/aromatic N) is 4. The van der Waals surface area contributed by atoms with Crippen LogP contribution in [0.25, 0.3) is 5.69 Å². The highest BCUT2D eigenvalue weighted by Gasteiger charge is 2.29. The molecule has 0 radical (unpaired) electrons. The number of carbonyl (C=O) groups is 1. The number of amides is 1. The van der Waals surface area contributed by atoms with Gasteiger partial charge in [-0.25, -0.2) is 8.42 Å². The van der Waals surface area contributed by atoms with Crippen molar-refractivity contribution in [2.45, 2.75) is 36.9 Å². The highest BCUT2D eigenvalue weighted by Crippen LogP contribution is 2.28. The summed E-state index contributed by atoms with van der Waals surface area (Å²) < 4.78 is 25.2. The summed E-state index contributed by atoms with van der Waals surface area (Å²) in [6.45, 7) is 1.90. The predicted molar refractivity (Wildman–Crippen MR) is 113 cm³/mol. The fourth-order valence-corrected chi connectivity index (χ4v) is 6.20. The van der Waals surface area contributed by atoms with Gasteiger partial charge in [0.25, 0.3) is 0 Å². The van der Waals surface area contributed by atoms with Crippen LogP contribution in [0.15, 0.2) is 35.5 Å². The maximum absolute atomic E-state index is 12.3. The zero-order chi connectivity index (χ0) is 20.3. The summed E-state index contributed by atoms with van der Waals surface area (Å²) in [7, 11) is -3.01. The van der Waals surface area contributed by atoms with E-state index in [2.05, 4.69) is 20.4 Å². The Bertz CT molecular complexity index is 955. The second-order valence-corrected chi connectivity index (χ2v) is 10.6. The lowest BCUT2D eigenvalue weighted by Crippen LogP contribution is -2.36. The minimum Gasteiger partial charge on any atom is -0.352 e. The van der Waals surface area contributed by atoms with E-state index < -0.39 is 9.84 Å². The van der Waals surface area contributed by atoms with Crippen molar-refractivity contribution in [3.63, 3.8) is 0 Å². The quantitative estimate of drug-likeness (QED) is 0.689. The van der Waals surface area contributed by atoms with Crippen molar-refractivity contribution in [2.75, 3.05) is 35.2 Å². The van der Waals surface area contributed by atoms with Crippen LogP contribution in [0.1, 0.15) is 25.7 Å². The van der Waals surface area contributed by atoms with E-state index in [0.29, 0.717) is 11.6 Å². The number of para-hydroxylation sites is 1. The molecule has 2 fully saturated rings. The average molecular weight is 436 g/mol. The number of thioether (sulfide) groups is 1. The molecule has 1 atom stereocenters. The van der Waals surface area contributed by atoms with Gasteiger partial charge in [-0.15, -0.1) is 10.2 Å². The number of hydrogen-bond acceptors (Lipinski definition) is 7. The SMILES string of the molecule is O=C(CSc1nnc(N2CCCCC2)n1-c1ccccc1)N[C@H]1CCS(=O)(=O)C1. The molecular formula is C19H25N5O3S2. The second-order valence-electron chi connectivity index (χ2n) is 7.46. The number of aromatic nitrogens is 3. The molecule has 0 unspecified atom stereocenters. The molecule has 1 aromatic carbocycles. The molecule has 1 N–H and O–H groups in total. The number of rotatable bonds is 6. The Morgan fingerprint density at radius 1 is 1.14 bits per heavy atom. The summed E-state index contributed by atoms with van der Waals surface area (Å²) >= 11 is 1.32. The van der Waals surface area contributed by atoms with E-state index in [4.69, 9.17) is 0 Å². The maximum Gasteiger partial charge on any atom is 0.232 e. The standard InChI is InChI=1S/C19H25N5O3S2/c25-17(20-15-9-12-29(26,27)14-15)13-28-19-22-21-18(23-10-5-2-6-11-23)24(19)16-7-3-1-4-8-16/h1,3-4,7-8,15H,2,5-6,9-14H2,(H,20,25)/t15-/m0/s1. The monoisotopic (exact) mass is 435 g/mol. The predicted octanol–water partition coefficient (Wildman–Crippen LogP) is 1.65. The Morgan fingerprint density at radius 2 is 1.90 bits per heavy atom. The lowest BCUT2D eigenvalue weighted by Gasteiger charge is -2.27.